The van der Waals surface area contributed by atoms with E-state index in [-0.39, 0.29) is 6.04 Å². The van der Waals surface area contributed by atoms with Crippen molar-refractivity contribution >= 4 is 27.3 Å². The molecule has 0 saturated carbocycles. The van der Waals surface area contributed by atoms with Crippen molar-refractivity contribution in [3.8, 4) is 0 Å². The number of thiophene rings is 1. The number of halogens is 1. The van der Waals surface area contributed by atoms with Crippen LogP contribution in [0.5, 0.6) is 0 Å². The van der Waals surface area contributed by atoms with E-state index in [9.17, 15) is 0 Å². The van der Waals surface area contributed by atoms with Gasteiger partial charge in [0.05, 0.1) is 3.79 Å². The first-order valence-corrected chi connectivity index (χ1v) is 7.74. The minimum atomic E-state index is 0.0259. The molecule has 0 aromatic carbocycles. The Labute approximate surface area is 120 Å². The second-order valence-corrected chi connectivity index (χ2v) is 6.85. The molecule has 3 nitrogen and oxygen atoms in total. The zero-order chi connectivity index (χ0) is 13.1. The third-order valence-electron chi connectivity index (χ3n) is 2.91. The highest BCUT2D eigenvalue weighted by Gasteiger charge is 2.14. The quantitative estimate of drug-likeness (QED) is 0.910. The van der Waals surface area contributed by atoms with Gasteiger partial charge in [0.2, 0.25) is 0 Å². The predicted octanol–water partition coefficient (Wildman–Crippen LogP) is 3.67. The Morgan fingerprint density at radius 1 is 1.56 bits per heavy atom. The Morgan fingerprint density at radius 3 is 2.94 bits per heavy atom. The molecule has 2 N–H and O–H groups in total. The Balaban J connectivity index is 2.10. The molecule has 98 valence electrons. The highest BCUT2D eigenvalue weighted by atomic mass is 79.9. The number of hydrogen-bond donors (Lipinski definition) is 1. The van der Waals surface area contributed by atoms with Gasteiger partial charge in [-0.2, -0.15) is 0 Å². The molecular formula is C13H18BrN3S. The summed E-state index contributed by atoms with van der Waals surface area (Å²) in [5, 5.41) is 0. The number of hydrogen-bond acceptors (Lipinski definition) is 3. The normalized spacial score (nSPS) is 12.9. The molecule has 0 radical (unpaired) electrons. The molecule has 0 saturated heterocycles. The summed E-state index contributed by atoms with van der Waals surface area (Å²) in [5.74, 6) is 1.08. The average molecular weight is 328 g/mol. The SMILES string of the molecule is CCCn1ccnc1CC(N)c1cc(C)c(Br)s1. The largest absolute Gasteiger partial charge is 0.335 e. The molecule has 1 unspecified atom stereocenters. The van der Waals surface area contributed by atoms with Crippen LogP contribution < -0.4 is 5.73 Å². The minimum absolute atomic E-state index is 0.0259. The van der Waals surface area contributed by atoms with Crippen LogP contribution in [0, 0.1) is 6.92 Å². The van der Waals surface area contributed by atoms with Gasteiger partial charge in [-0.05, 0) is 40.9 Å². The molecule has 0 fully saturated rings. The molecule has 2 heterocycles. The summed E-state index contributed by atoms with van der Waals surface area (Å²) in [7, 11) is 0. The van der Waals surface area contributed by atoms with Gasteiger partial charge in [0.1, 0.15) is 5.82 Å². The van der Waals surface area contributed by atoms with E-state index in [1.807, 2.05) is 12.4 Å². The Hall–Kier alpha value is -0.650. The monoisotopic (exact) mass is 327 g/mol. The molecule has 18 heavy (non-hydrogen) atoms. The van der Waals surface area contributed by atoms with Crippen molar-refractivity contribution in [2.75, 3.05) is 0 Å². The van der Waals surface area contributed by atoms with Crippen molar-refractivity contribution in [3.05, 3.63) is 38.5 Å². The van der Waals surface area contributed by atoms with Crippen LogP contribution in [0.1, 0.15) is 35.7 Å². The van der Waals surface area contributed by atoms with Gasteiger partial charge in [-0.1, -0.05) is 6.92 Å². The molecular weight excluding hydrogens is 310 g/mol. The Kier molecular flexibility index (Phi) is 4.59. The van der Waals surface area contributed by atoms with Crippen molar-refractivity contribution in [2.24, 2.45) is 5.73 Å². The first-order chi connectivity index (χ1) is 8.61. The van der Waals surface area contributed by atoms with Crippen molar-refractivity contribution in [3.63, 3.8) is 0 Å². The first kappa shape index (κ1) is 13.8. The van der Waals surface area contributed by atoms with E-state index in [1.54, 1.807) is 11.3 Å². The van der Waals surface area contributed by atoms with E-state index in [2.05, 4.69) is 45.4 Å². The molecule has 0 aliphatic carbocycles. The maximum atomic E-state index is 6.27. The first-order valence-electron chi connectivity index (χ1n) is 6.13. The van der Waals surface area contributed by atoms with Crippen LogP contribution in [0.15, 0.2) is 22.2 Å². The number of rotatable bonds is 5. The standard InChI is InChI=1S/C13H18BrN3S/c1-3-5-17-6-4-16-12(17)8-10(15)11-7-9(2)13(14)18-11/h4,6-7,10H,3,5,8,15H2,1-2H3. The van der Waals surface area contributed by atoms with Gasteiger partial charge < -0.3 is 10.3 Å². The summed E-state index contributed by atoms with van der Waals surface area (Å²) in [4.78, 5) is 5.62. The summed E-state index contributed by atoms with van der Waals surface area (Å²) >= 11 is 5.26. The van der Waals surface area contributed by atoms with Gasteiger partial charge in [0.25, 0.3) is 0 Å². The zero-order valence-corrected chi connectivity index (χ0v) is 13.1. The molecule has 0 aliphatic rings. The second kappa shape index (κ2) is 5.99. The molecule has 0 spiro atoms. The second-order valence-electron chi connectivity index (χ2n) is 4.45. The topological polar surface area (TPSA) is 43.8 Å². The number of imidazole rings is 1. The summed E-state index contributed by atoms with van der Waals surface area (Å²) in [6.45, 7) is 5.27. The lowest BCUT2D eigenvalue weighted by Crippen LogP contribution is -2.15. The third kappa shape index (κ3) is 3.02. The van der Waals surface area contributed by atoms with Crippen LogP contribution in [0.25, 0.3) is 0 Å². The predicted molar refractivity (Wildman–Crippen MR) is 79.9 cm³/mol. The highest BCUT2D eigenvalue weighted by Crippen LogP contribution is 2.31. The van der Waals surface area contributed by atoms with Crippen LogP contribution in [0.4, 0.5) is 0 Å². The zero-order valence-electron chi connectivity index (χ0n) is 10.7. The molecule has 0 aliphatic heterocycles. The fraction of sp³-hybridized carbons (Fsp3) is 0.462. The number of aromatic nitrogens is 2. The van der Waals surface area contributed by atoms with Crippen molar-refractivity contribution in [2.45, 2.75) is 39.3 Å². The molecule has 0 bridgehead atoms. The van der Waals surface area contributed by atoms with E-state index < -0.39 is 0 Å². The summed E-state index contributed by atoms with van der Waals surface area (Å²) in [5.41, 5.74) is 7.52. The minimum Gasteiger partial charge on any atom is -0.335 e. The van der Waals surface area contributed by atoms with Crippen LogP contribution >= 0.6 is 27.3 Å². The van der Waals surface area contributed by atoms with Gasteiger partial charge in [-0.15, -0.1) is 11.3 Å². The van der Waals surface area contributed by atoms with Gasteiger partial charge in [-0.3, -0.25) is 0 Å². The Bertz CT molecular complexity index is 499. The molecule has 0 amide bonds. The van der Waals surface area contributed by atoms with E-state index >= 15 is 0 Å². The van der Waals surface area contributed by atoms with Crippen LogP contribution in [-0.2, 0) is 13.0 Å². The summed E-state index contributed by atoms with van der Waals surface area (Å²) < 4.78 is 3.36. The van der Waals surface area contributed by atoms with Crippen LogP contribution in [0.2, 0.25) is 0 Å². The number of nitrogens with two attached hydrogens (primary N) is 1. The van der Waals surface area contributed by atoms with E-state index in [0.29, 0.717) is 0 Å². The molecule has 2 rings (SSSR count). The van der Waals surface area contributed by atoms with Crippen molar-refractivity contribution in [1.82, 2.24) is 9.55 Å². The van der Waals surface area contributed by atoms with E-state index in [1.165, 1.54) is 14.2 Å². The number of nitrogens with zero attached hydrogens (tertiary/aromatic N) is 2. The molecule has 2 aromatic heterocycles. The summed E-state index contributed by atoms with van der Waals surface area (Å²) in [6.07, 6.45) is 5.79. The van der Waals surface area contributed by atoms with Crippen LogP contribution in [0.3, 0.4) is 0 Å². The average Bonchev–Trinajstić information content (AvgIpc) is 2.88. The van der Waals surface area contributed by atoms with Gasteiger partial charge in [0, 0.05) is 36.3 Å². The van der Waals surface area contributed by atoms with Gasteiger partial charge in [0.15, 0.2) is 0 Å². The van der Waals surface area contributed by atoms with Crippen LogP contribution in [-0.4, -0.2) is 9.55 Å². The van der Waals surface area contributed by atoms with Gasteiger partial charge in [-0.25, -0.2) is 4.98 Å². The maximum absolute atomic E-state index is 6.27. The third-order valence-corrected chi connectivity index (χ3v) is 5.18. The smallest absolute Gasteiger partial charge is 0.110 e. The molecule has 5 heteroatoms. The summed E-state index contributed by atoms with van der Waals surface area (Å²) in [6, 6.07) is 2.19. The van der Waals surface area contributed by atoms with Gasteiger partial charge >= 0.3 is 0 Å². The lowest BCUT2D eigenvalue weighted by Gasteiger charge is -2.11. The van der Waals surface area contributed by atoms with Crippen molar-refractivity contribution in [1.29, 1.82) is 0 Å². The fourth-order valence-corrected chi connectivity index (χ4v) is 3.51. The highest BCUT2D eigenvalue weighted by molar-refractivity contribution is 9.11. The maximum Gasteiger partial charge on any atom is 0.110 e. The van der Waals surface area contributed by atoms with E-state index in [4.69, 9.17) is 5.73 Å². The Morgan fingerprint density at radius 2 is 2.33 bits per heavy atom. The van der Waals surface area contributed by atoms with Crippen molar-refractivity contribution < 1.29 is 0 Å². The number of aryl methyl sites for hydroxylation is 2. The lowest BCUT2D eigenvalue weighted by molar-refractivity contribution is 0.602. The molecule has 1 atom stereocenters. The lowest BCUT2D eigenvalue weighted by atomic mass is 10.1. The fourth-order valence-electron chi connectivity index (χ4n) is 1.94. The van der Waals surface area contributed by atoms with E-state index in [0.717, 1.165) is 25.2 Å². The molecule has 2 aromatic rings.